The van der Waals surface area contributed by atoms with Crippen molar-refractivity contribution in [1.82, 2.24) is 9.97 Å². The van der Waals surface area contributed by atoms with Crippen molar-refractivity contribution in [2.75, 3.05) is 5.32 Å². The minimum absolute atomic E-state index is 0.135. The lowest BCUT2D eigenvalue weighted by Gasteiger charge is -2.04. The molecule has 21 heavy (non-hydrogen) atoms. The third kappa shape index (κ3) is 4.30. The van der Waals surface area contributed by atoms with Crippen molar-refractivity contribution in [2.24, 2.45) is 0 Å². The van der Waals surface area contributed by atoms with Crippen LogP contribution in [0.15, 0.2) is 35.0 Å². The third-order valence-corrected chi connectivity index (χ3v) is 4.58. The number of hydrogen-bond donors (Lipinski definition) is 2. The summed E-state index contributed by atoms with van der Waals surface area (Å²) in [5.74, 6) is -0.135. The highest BCUT2D eigenvalue weighted by Crippen LogP contribution is 2.34. The van der Waals surface area contributed by atoms with Gasteiger partial charge in [-0.05, 0) is 30.9 Å². The fourth-order valence-electron chi connectivity index (χ4n) is 1.53. The molecule has 0 saturated heterocycles. The van der Waals surface area contributed by atoms with Crippen molar-refractivity contribution in [1.29, 1.82) is 0 Å². The molecule has 0 bridgehead atoms. The van der Waals surface area contributed by atoms with Gasteiger partial charge in [-0.3, -0.25) is 9.78 Å². The van der Waals surface area contributed by atoms with Crippen LogP contribution < -0.4 is 5.32 Å². The molecule has 0 aliphatic carbocycles. The molecule has 0 spiro atoms. The first-order valence-corrected chi connectivity index (χ1v) is 7.83. The summed E-state index contributed by atoms with van der Waals surface area (Å²) in [6, 6.07) is 3.72. The maximum atomic E-state index is 12.0. The number of aromatic nitrogens is 2. The van der Waals surface area contributed by atoms with E-state index in [4.69, 9.17) is 11.6 Å². The van der Waals surface area contributed by atoms with Gasteiger partial charge in [0.15, 0.2) is 5.15 Å². The van der Waals surface area contributed by atoms with Crippen LogP contribution in [0.1, 0.15) is 20.3 Å². The van der Waals surface area contributed by atoms with Crippen LogP contribution in [-0.2, 0) is 4.79 Å². The molecule has 1 amide bonds. The Hall–Kier alpha value is -1.37. The van der Waals surface area contributed by atoms with Crippen LogP contribution >= 0.6 is 35.6 Å². The van der Waals surface area contributed by atoms with Crippen molar-refractivity contribution in [3.63, 3.8) is 0 Å². The monoisotopic (exact) mass is 339 g/mol. The van der Waals surface area contributed by atoms with E-state index >= 15 is 0 Å². The lowest BCUT2D eigenvalue weighted by molar-refractivity contribution is -0.115. The molecule has 2 aromatic rings. The highest BCUT2D eigenvalue weighted by Gasteiger charge is 2.14. The van der Waals surface area contributed by atoms with E-state index in [2.05, 4.69) is 27.9 Å². The zero-order valence-electron chi connectivity index (χ0n) is 11.6. The number of carbonyl (C=O) groups excluding carboxylic acids is 1. The summed E-state index contributed by atoms with van der Waals surface area (Å²) in [6.45, 7) is 3.73. The second kappa shape index (κ2) is 7.06. The third-order valence-electron chi connectivity index (χ3n) is 2.79. The molecular formula is C14H14ClN3OS2. The van der Waals surface area contributed by atoms with E-state index < -0.39 is 0 Å². The molecule has 110 valence electrons. The molecule has 4 nitrogen and oxygen atoms in total. The first-order valence-electron chi connectivity index (χ1n) is 6.19. The molecule has 0 aliphatic heterocycles. The van der Waals surface area contributed by atoms with Gasteiger partial charge in [-0.2, -0.15) is 0 Å². The topological polar surface area (TPSA) is 54.9 Å². The van der Waals surface area contributed by atoms with Gasteiger partial charge in [0, 0.05) is 24.4 Å². The Balaban J connectivity index is 2.14. The smallest absolute Gasteiger partial charge is 0.229 e. The van der Waals surface area contributed by atoms with E-state index in [0.29, 0.717) is 5.00 Å². The van der Waals surface area contributed by atoms with Crippen molar-refractivity contribution < 1.29 is 4.79 Å². The molecule has 0 aliphatic rings. The van der Waals surface area contributed by atoms with Crippen molar-refractivity contribution in [2.45, 2.75) is 20.3 Å². The van der Waals surface area contributed by atoms with E-state index in [1.807, 2.05) is 26.0 Å². The van der Waals surface area contributed by atoms with Gasteiger partial charge in [0.2, 0.25) is 5.91 Å². The number of hydrogen-bond acceptors (Lipinski definition) is 5. The van der Waals surface area contributed by atoms with Crippen LogP contribution in [0.5, 0.6) is 0 Å². The number of nitrogens with zero attached hydrogens (tertiary/aromatic N) is 2. The number of thiol groups is 1. The van der Waals surface area contributed by atoms with E-state index in [9.17, 15) is 4.79 Å². The van der Waals surface area contributed by atoms with Crippen LogP contribution in [0.3, 0.4) is 0 Å². The van der Waals surface area contributed by atoms with E-state index in [1.54, 1.807) is 12.4 Å². The second-order valence-electron chi connectivity index (χ2n) is 4.47. The Labute approximate surface area is 137 Å². The Kier molecular flexibility index (Phi) is 5.39. The lowest BCUT2D eigenvalue weighted by Crippen LogP contribution is -2.11. The number of allylic oxidation sites excluding steroid dienone is 1. The molecule has 0 aromatic carbocycles. The summed E-state index contributed by atoms with van der Waals surface area (Å²) in [4.78, 5) is 21.1. The predicted molar refractivity (Wildman–Crippen MR) is 91.0 cm³/mol. The van der Waals surface area contributed by atoms with Gasteiger partial charge >= 0.3 is 0 Å². The Morgan fingerprint density at radius 3 is 2.86 bits per heavy atom. The minimum atomic E-state index is -0.135. The van der Waals surface area contributed by atoms with Crippen LogP contribution in [0, 0.1) is 0 Å². The van der Waals surface area contributed by atoms with E-state index in [-0.39, 0.29) is 17.5 Å². The van der Waals surface area contributed by atoms with Gasteiger partial charge in [0.1, 0.15) is 10.0 Å². The fourth-order valence-corrected chi connectivity index (χ4v) is 2.77. The summed E-state index contributed by atoms with van der Waals surface area (Å²) in [5.41, 5.74) is 1.79. The molecule has 0 fully saturated rings. The van der Waals surface area contributed by atoms with E-state index in [1.165, 1.54) is 11.3 Å². The lowest BCUT2D eigenvalue weighted by atomic mass is 10.2. The maximum absolute atomic E-state index is 12.0. The average Bonchev–Trinajstić information content (AvgIpc) is 2.81. The summed E-state index contributed by atoms with van der Waals surface area (Å²) in [7, 11) is 0. The fraction of sp³-hybridized carbons (Fsp3) is 0.214. The maximum Gasteiger partial charge on any atom is 0.229 e. The van der Waals surface area contributed by atoms with Gasteiger partial charge < -0.3 is 5.32 Å². The number of amides is 1. The molecule has 7 heteroatoms. The number of rotatable bonds is 4. The molecule has 2 heterocycles. The van der Waals surface area contributed by atoms with Crippen molar-refractivity contribution in [3.8, 4) is 10.6 Å². The summed E-state index contributed by atoms with van der Waals surface area (Å²) >= 11 is 11.6. The first kappa shape index (κ1) is 16.0. The number of nitrogens with one attached hydrogen (secondary N) is 1. The van der Waals surface area contributed by atoms with Crippen molar-refractivity contribution in [3.05, 3.63) is 40.2 Å². The van der Waals surface area contributed by atoms with Gasteiger partial charge in [-0.1, -0.05) is 28.5 Å². The van der Waals surface area contributed by atoms with Gasteiger partial charge in [0.05, 0.1) is 0 Å². The summed E-state index contributed by atoms with van der Waals surface area (Å²) < 4.78 is 0. The molecule has 0 radical (unpaired) electrons. The molecule has 0 saturated carbocycles. The highest BCUT2D eigenvalue weighted by atomic mass is 35.5. The second-order valence-corrected chi connectivity index (χ2v) is 6.50. The summed E-state index contributed by atoms with van der Waals surface area (Å²) in [6.07, 6.45) is 3.68. The average molecular weight is 340 g/mol. The quantitative estimate of drug-likeness (QED) is 0.811. The number of pyridine rings is 1. The van der Waals surface area contributed by atoms with Crippen LogP contribution in [0.25, 0.3) is 10.6 Å². The predicted octanol–water partition coefficient (Wildman–Crippen LogP) is 4.41. The molecule has 0 unspecified atom stereocenters. The number of halogens is 1. The molecule has 2 rings (SSSR count). The van der Waals surface area contributed by atoms with Gasteiger partial charge in [0.25, 0.3) is 0 Å². The van der Waals surface area contributed by atoms with Crippen LogP contribution in [0.4, 0.5) is 5.00 Å². The SMILES string of the molecule is C/C(S)=C(\C)CC(=O)Nc1sc(-c2cccnc2)nc1Cl. The molecule has 2 aromatic heterocycles. The number of carbonyl (C=O) groups is 1. The van der Waals surface area contributed by atoms with Gasteiger partial charge in [-0.25, -0.2) is 4.98 Å². The first-order chi connectivity index (χ1) is 9.97. The Bertz CT molecular complexity index is 679. The zero-order chi connectivity index (χ0) is 15.4. The van der Waals surface area contributed by atoms with Crippen molar-refractivity contribution >= 4 is 46.5 Å². The standard InChI is InChI=1S/C14H14ClN3OS2/c1-8(9(2)20)6-11(19)17-14-12(15)18-13(21-14)10-4-3-5-16-7-10/h3-5,7,20H,6H2,1-2H3,(H,17,19)/b9-8-. The van der Waals surface area contributed by atoms with Crippen LogP contribution in [0.2, 0.25) is 5.15 Å². The number of thiazole rings is 1. The largest absolute Gasteiger partial charge is 0.315 e. The van der Waals surface area contributed by atoms with E-state index in [0.717, 1.165) is 21.0 Å². The van der Waals surface area contributed by atoms with Gasteiger partial charge in [-0.15, -0.1) is 12.6 Å². The molecule has 1 N–H and O–H groups in total. The Morgan fingerprint density at radius 2 is 2.24 bits per heavy atom. The summed E-state index contributed by atoms with van der Waals surface area (Å²) in [5, 5.41) is 4.34. The van der Waals surface area contributed by atoms with Crippen LogP contribution in [-0.4, -0.2) is 15.9 Å². The Morgan fingerprint density at radius 1 is 1.48 bits per heavy atom. The highest BCUT2D eigenvalue weighted by molar-refractivity contribution is 7.84. The molecule has 0 atom stereocenters. The zero-order valence-corrected chi connectivity index (χ0v) is 14.0. The normalized spacial score (nSPS) is 12.0. The molecular weight excluding hydrogens is 326 g/mol. The number of anilines is 1. The minimum Gasteiger partial charge on any atom is -0.315 e.